The highest BCUT2D eigenvalue weighted by Gasteiger charge is 2.34. The standard InChI is InChI=1S/C24H29NO6/c1-15-6-7-16(2)20(10-15)31-14-23(26)25-9-8-17-11-21(28-3)22(29-4)12-18(17)19(25)13-24(27)30-5/h6-7,10-12,19H,8-9,13-14H2,1-5H3. The zero-order chi connectivity index (χ0) is 22.5. The van der Waals surface area contributed by atoms with Gasteiger partial charge >= 0.3 is 5.97 Å². The average Bonchev–Trinajstić information content (AvgIpc) is 2.78. The second-order valence-corrected chi connectivity index (χ2v) is 7.60. The van der Waals surface area contributed by atoms with E-state index < -0.39 is 6.04 Å². The minimum absolute atomic E-state index is 0.0498. The van der Waals surface area contributed by atoms with E-state index in [1.54, 1.807) is 19.1 Å². The topological polar surface area (TPSA) is 74.3 Å². The van der Waals surface area contributed by atoms with E-state index in [4.69, 9.17) is 18.9 Å². The lowest BCUT2D eigenvalue weighted by atomic mass is 9.90. The number of ether oxygens (including phenoxy) is 4. The zero-order valence-corrected chi connectivity index (χ0v) is 18.7. The molecule has 31 heavy (non-hydrogen) atoms. The highest BCUT2D eigenvalue weighted by molar-refractivity contribution is 5.80. The molecule has 2 aromatic rings. The summed E-state index contributed by atoms with van der Waals surface area (Å²) in [6.07, 6.45) is 0.691. The Balaban J connectivity index is 1.87. The van der Waals surface area contributed by atoms with Crippen LogP contribution in [-0.2, 0) is 20.7 Å². The van der Waals surface area contributed by atoms with Crippen LogP contribution in [0.2, 0.25) is 0 Å². The zero-order valence-electron chi connectivity index (χ0n) is 18.7. The lowest BCUT2D eigenvalue weighted by molar-refractivity contribution is -0.144. The summed E-state index contributed by atoms with van der Waals surface area (Å²) >= 11 is 0. The van der Waals surface area contributed by atoms with E-state index in [0.29, 0.717) is 30.2 Å². The Kier molecular flexibility index (Phi) is 7.05. The van der Waals surface area contributed by atoms with Crippen molar-refractivity contribution >= 4 is 11.9 Å². The van der Waals surface area contributed by atoms with Crippen LogP contribution in [0.25, 0.3) is 0 Å². The van der Waals surface area contributed by atoms with Crippen molar-refractivity contribution in [2.45, 2.75) is 32.7 Å². The van der Waals surface area contributed by atoms with E-state index in [1.807, 2.05) is 44.2 Å². The maximum Gasteiger partial charge on any atom is 0.307 e. The minimum atomic E-state index is -0.467. The summed E-state index contributed by atoms with van der Waals surface area (Å²) in [5.74, 6) is 1.28. The van der Waals surface area contributed by atoms with Crippen molar-refractivity contribution < 1.29 is 28.5 Å². The van der Waals surface area contributed by atoms with Crippen LogP contribution >= 0.6 is 0 Å². The first kappa shape index (κ1) is 22.5. The van der Waals surface area contributed by atoms with E-state index in [9.17, 15) is 9.59 Å². The number of rotatable bonds is 7. The van der Waals surface area contributed by atoms with Crippen LogP contribution in [0.4, 0.5) is 0 Å². The molecular formula is C24H29NO6. The molecule has 0 bridgehead atoms. The predicted molar refractivity (Wildman–Crippen MR) is 116 cm³/mol. The van der Waals surface area contributed by atoms with E-state index >= 15 is 0 Å². The summed E-state index contributed by atoms with van der Waals surface area (Å²) in [6, 6.07) is 9.16. The number of carbonyl (C=O) groups is 2. The third kappa shape index (κ3) is 4.93. The molecule has 1 heterocycles. The number of carbonyl (C=O) groups excluding carboxylic acids is 2. The third-order valence-corrected chi connectivity index (χ3v) is 5.61. The number of benzene rings is 2. The molecule has 3 rings (SSSR count). The van der Waals surface area contributed by atoms with Gasteiger partial charge in [-0.3, -0.25) is 9.59 Å². The molecule has 1 aliphatic rings. The van der Waals surface area contributed by atoms with Gasteiger partial charge < -0.3 is 23.8 Å². The van der Waals surface area contributed by atoms with Crippen molar-refractivity contribution in [2.24, 2.45) is 0 Å². The van der Waals surface area contributed by atoms with Gasteiger partial charge in [-0.1, -0.05) is 12.1 Å². The van der Waals surface area contributed by atoms with E-state index in [0.717, 1.165) is 22.3 Å². The summed E-state index contributed by atoms with van der Waals surface area (Å²) in [4.78, 5) is 27.0. The largest absolute Gasteiger partial charge is 0.493 e. The highest BCUT2D eigenvalue weighted by Crippen LogP contribution is 2.39. The summed E-state index contributed by atoms with van der Waals surface area (Å²) < 4.78 is 21.6. The Morgan fingerprint density at radius 2 is 1.71 bits per heavy atom. The highest BCUT2D eigenvalue weighted by atomic mass is 16.5. The number of methoxy groups -OCH3 is 3. The van der Waals surface area contributed by atoms with Crippen LogP contribution in [0.15, 0.2) is 30.3 Å². The second kappa shape index (κ2) is 9.73. The summed E-state index contributed by atoms with van der Waals surface area (Å²) in [7, 11) is 4.49. The smallest absolute Gasteiger partial charge is 0.307 e. The molecule has 7 heteroatoms. The Hall–Kier alpha value is -3.22. The number of esters is 1. The van der Waals surface area contributed by atoms with Gasteiger partial charge in [-0.2, -0.15) is 0 Å². The van der Waals surface area contributed by atoms with Crippen LogP contribution < -0.4 is 14.2 Å². The van der Waals surface area contributed by atoms with Gasteiger partial charge in [0, 0.05) is 6.54 Å². The van der Waals surface area contributed by atoms with Gasteiger partial charge in [-0.25, -0.2) is 0 Å². The summed E-state index contributed by atoms with van der Waals surface area (Å²) in [5.41, 5.74) is 3.90. The van der Waals surface area contributed by atoms with Gasteiger partial charge in [0.25, 0.3) is 5.91 Å². The van der Waals surface area contributed by atoms with Gasteiger partial charge in [0.2, 0.25) is 0 Å². The number of aryl methyl sites for hydroxylation is 2. The van der Waals surface area contributed by atoms with Gasteiger partial charge in [0.05, 0.1) is 33.8 Å². The first-order chi connectivity index (χ1) is 14.9. The van der Waals surface area contributed by atoms with Crippen LogP contribution in [0.5, 0.6) is 17.2 Å². The lowest BCUT2D eigenvalue weighted by Crippen LogP contribution is -2.43. The first-order valence-electron chi connectivity index (χ1n) is 10.2. The van der Waals surface area contributed by atoms with Crippen molar-refractivity contribution in [3.63, 3.8) is 0 Å². The normalized spacial score (nSPS) is 15.1. The molecule has 2 aromatic carbocycles. The van der Waals surface area contributed by atoms with E-state index in [2.05, 4.69) is 0 Å². The summed E-state index contributed by atoms with van der Waals surface area (Å²) in [6.45, 7) is 4.28. The van der Waals surface area contributed by atoms with Gasteiger partial charge in [0.1, 0.15) is 5.75 Å². The maximum atomic E-state index is 13.1. The van der Waals surface area contributed by atoms with Crippen LogP contribution in [0.3, 0.4) is 0 Å². The molecule has 0 radical (unpaired) electrons. The molecule has 166 valence electrons. The molecule has 1 aliphatic heterocycles. The molecule has 0 saturated carbocycles. The molecule has 7 nitrogen and oxygen atoms in total. The Bertz CT molecular complexity index is 971. The van der Waals surface area contributed by atoms with Crippen molar-refractivity contribution in [1.29, 1.82) is 0 Å². The van der Waals surface area contributed by atoms with Gasteiger partial charge in [-0.15, -0.1) is 0 Å². The van der Waals surface area contributed by atoms with Crippen molar-refractivity contribution in [1.82, 2.24) is 4.90 Å². The van der Waals surface area contributed by atoms with Gasteiger partial charge in [0.15, 0.2) is 18.1 Å². The number of fused-ring (bicyclic) bond motifs is 1. The molecule has 0 aromatic heterocycles. The van der Waals surface area contributed by atoms with Crippen LogP contribution in [0, 0.1) is 13.8 Å². The Morgan fingerprint density at radius 3 is 2.39 bits per heavy atom. The number of hydrogen-bond acceptors (Lipinski definition) is 6. The number of hydrogen-bond donors (Lipinski definition) is 0. The first-order valence-corrected chi connectivity index (χ1v) is 10.2. The van der Waals surface area contributed by atoms with E-state index in [1.165, 1.54) is 7.11 Å². The Labute approximate surface area is 182 Å². The number of nitrogens with zero attached hydrogens (tertiary/aromatic N) is 1. The maximum absolute atomic E-state index is 13.1. The van der Waals surface area contributed by atoms with Crippen molar-refractivity contribution in [3.8, 4) is 17.2 Å². The lowest BCUT2D eigenvalue weighted by Gasteiger charge is -2.37. The van der Waals surface area contributed by atoms with Crippen molar-refractivity contribution in [2.75, 3.05) is 34.5 Å². The summed E-state index contributed by atoms with van der Waals surface area (Å²) in [5, 5.41) is 0. The molecule has 1 atom stereocenters. The van der Waals surface area contributed by atoms with Gasteiger partial charge in [-0.05, 0) is 60.7 Å². The fourth-order valence-corrected chi connectivity index (χ4v) is 3.87. The molecule has 0 spiro atoms. The molecule has 1 unspecified atom stereocenters. The second-order valence-electron chi connectivity index (χ2n) is 7.60. The van der Waals surface area contributed by atoms with E-state index in [-0.39, 0.29) is 24.9 Å². The van der Waals surface area contributed by atoms with Crippen molar-refractivity contribution in [3.05, 3.63) is 52.6 Å². The number of amides is 1. The molecule has 1 amide bonds. The predicted octanol–water partition coefficient (Wildman–Crippen LogP) is 3.39. The molecule has 0 fully saturated rings. The van der Waals surface area contributed by atoms with Crippen LogP contribution in [0.1, 0.15) is 34.7 Å². The fourth-order valence-electron chi connectivity index (χ4n) is 3.87. The fraction of sp³-hybridized carbons (Fsp3) is 0.417. The Morgan fingerprint density at radius 1 is 1.00 bits per heavy atom. The molecule has 0 N–H and O–H groups in total. The third-order valence-electron chi connectivity index (χ3n) is 5.61. The molecule has 0 saturated heterocycles. The monoisotopic (exact) mass is 427 g/mol. The molecule has 0 aliphatic carbocycles. The average molecular weight is 427 g/mol. The molecular weight excluding hydrogens is 398 g/mol. The quantitative estimate of drug-likeness (QED) is 0.631. The SMILES string of the molecule is COC(=O)CC1c2cc(OC)c(OC)cc2CCN1C(=O)COc1cc(C)ccc1C. The van der Waals surface area contributed by atoms with Crippen LogP contribution in [-0.4, -0.2) is 51.3 Å². The minimum Gasteiger partial charge on any atom is -0.493 e.